The summed E-state index contributed by atoms with van der Waals surface area (Å²) in [4.78, 5) is 0. The summed E-state index contributed by atoms with van der Waals surface area (Å²) in [6, 6.07) is 6.67. The molecule has 0 saturated heterocycles. The average molecular weight is 332 g/mol. The second-order valence-electron chi connectivity index (χ2n) is 5.00. The number of ether oxygens (including phenoxy) is 1. The molecule has 0 aromatic heterocycles. The molecule has 0 saturated carbocycles. The number of hydrogen-bond donors (Lipinski definition) is 5. The number of benzene rings is 2. The molecule has 2 atom stereocenters. The number of hydrogen-bond acceptors (Lipinski definition) is 6. The van der Waals surface area contributed by atoms with Gasteiger partial charge in [0.15, 0.2) is 11.5 Å². The maximum atomic E-state index is 10.2. The first kappa shape index (κ1) is 17.0. The van der Waals surface area contributed by atoms with Crippen molar-refractivity contribution in [3.05, 3.63) is 41.5 Å². The Balaban J connectivity index is 0.00000176. The molecular weight excluding hydrogens is 316 g/mol. The summed E-state index contributed by atoms with van der Waals surface area (Å²) in [6.07, 6.45) is -1.56. The zero-order chi connectivity index (χ0) is 15.1. The molecule has 5 N–H and O–H groups in total. The molecule has 1 heterocycles. The van der Waals surface area contributed by atoms with E-state index in [9.17, 15) is 25.5 Å². The van der Waals surface area contributed by atoms with E-state index < -0.39 is 12.2 Å². The van der Waals surface area contributed by atoms with E-state index in [-0.39, 0.29) is 72.9 Å². The molecule has 22 heavy (non-hydrogen) atoms. The first-order valence-corrected chi connectivity index (χ1v) is 6.37. The third kappa shape index (κ3) is 3.05. The van der Waals surface area contributed by atoms with Crippen LogP contribution < -0.4 is 4.74 Å². The van der Waals surface area contributed by atoms with Crippen molar-refractivity contribution in [2.24, 2.45) is 0 Å². The molecule has 2 aromatic carbocycles. The fourth-order valence-corrected chi connectivity index (χ4v) is 2.47. The van der Waals surface area contributed by atoms with Crippen LogP contribution in [0.4, 0.5) is 0 Å². The van der Waals surface area contributed by atoms with Crippen LogP contribution in [-0.2, 0) is 6.42 Å². The second-order valence-corrected chi connectivity index (χ2v) is 5.00. The van der Waals surface area contributed by atoms with Gasteiger partial charge in [0.1, 0.15) is 23.4 Å². The summed E-state index contributed by atoms with van der Waals surface area (Å²) in [5.41, 5.74) is 0.894. The minimum atomic E-state index is -0.933. The number of phenols is 4. The van der Waals surface area contributed by atoms with Crippen LogP contribution >= 0.6 is 0 Å². The Morgan fingerprint density at radius 1 is 0.909 bits per heavy atom. The maximum absolute atomic E-state index is 10.2. The van der Waals surface area contributed by atoms with Crippen molar-refractivity contribution in [3.8, 4) is 28.7 Å². The van der Waals surface area contributed by atoms with E-state index in [1.807, 2.05) is 0 Å². The minimum absolute atomic E-state index is 0. The molecule has 6 nitrogen and oxygen atoms in total. The van der Waals surface area contributed by atoms with Gasteiger partial charge in [-0.1, -0.05) is 6.07 Å². The van der Waals surface area contributed by atoms with Crippen LogP contribution in [0.25, 0.3) is 0 Å². The number of fused-ring (bicyclic) bond motifs is 1. The van der Waals surface area contributed by atoms with Crippen molar-refractivity contribution < 1.29 is 30.3 Å². The molecule has 2 aromatic rings. The molecule has 0 unspecified atom stereocenters. The van der Waals surface area contributed by atoms with Crippen molar-refractivity contribution in [2.75, 3.05) is 0 Å². The Bertz CT molecular complexity index is 703. The first-order chi connectivity index (χ1) is 9.95. The Hall–Kier alpha value is -1.34. The van der Waals surface area contributed by atoms with E-state index in [4.69, 9.17) is 4.74 Å². The second kappa shape index (κ2) is 6.42. The van der Waals surface area contributed by atoms with E-state index in [1.54, 1.807) is 0 Å². The number of aromatic hydroxyl groups is 4. The summed E-state index contributed by atoms with van der Waals surface area (Å²) < 4.78 is 5.62. The van der Waals surface area contributed by atoms with E-state index in [2.05, 4.69) is 0 Å². The Labute approximate surface area is 156 Å². The average Bonchev–Trinajstić information content (AvgIpc) is 2.42. The Morgan fingerprint density at radius 2 is 1.64 bits per heavy atom. The summed E-state index contributed by atoms with van der Waals surface area (Å²) >= 11 is 0. The molecule has 0 radical (unpaired) electrons. The number of aliphatic hydroxyl groups excluding tert-OH is 1. The SMILES string of the molecule is Oc1cc(O)c2c(c1)O[C@H](c1ccc(O)c(O)c1)[C@H](O)C2.[CaH2]. The standard InChI is InChI=1S/C15H14O6.Ca.2H/c16-8-4-11(18)9-6-13(20)15(21-14(9)5-8)7-1-2-10(17)12(19)3-7;;;/h1-5,13,15-20H,6H2;;;/t13-,15-;;;/m1.../s1. The van der Waals surface area contributed by atoms with E-state index in [1.165, 1.54) is 30.3 Å². The van der Waals surface area contributed by atoms with Gasteiger partial charge in [0.2, 0.25) is 0 Å². The van der Waals surface area contributed by atoms with Crippen LogP contribution in [-0.4, -0.2) is 69.4 Å². The van der Waals surface area contributed by atoms with E-state index in [0.717, 1.165) is 0 Å². The Morgan fingerprint density at radius 3 is 2.32 bits per heavy atom. The molecule has 0 bridgehead atoms. The number of aliphatic hydroxyl groups is 1. The molecule has 114 valence electrons. The quantitative estimate of drug-likeness (QED) is 0.387. The molecule has 3 rings (SSSR count). The molecule has 0 amide bonds. The van der Waals surface area contributed by atoms with Crippen LogP contribution in [0.5, 0.6) is 28.7 Å². The molecule has 1 aliphatic rings. The van der Waals surface area contributed by atoms with Gasteiger partial charge in [-0.2, -0.15) is 0 Å². The normalized spacial score (nSPS) is 19.7. The van der Waals surface area contributed by atoms with Gasteiger partial charge in [-0.15, -0.1) is 0 Å². The number of rotatable bonds is 1. The third-order valence-electron chi connectivity index (χ3n) is 3.51. The number of phenolic OH excluding ortho intramolecular Hbond substituents is 4. The van der Waals surface area contributed by atoms with Gasteiger partial charge in [-0.05, 0) is 17.7 Å². The summed E-state index contributed by atoms with van der Waals surface area (Å²) in [5.74, 6) is -0.589. The van der Waals surface area contributed by atoms with Gasteiger partial charge in [0, 0.05) is 24.1 Å². The monoisotopic (exact) mass is 332 g/mol. The van der Waals surface area contributed by atoms with Crippen LogP contribution in [0.2, 0.25) is 0 Å². The van der Waals surface area contributed by atoms with Crippen LogP contribution in [0.3, 0.4) is 0 Å². The van der Waals surface area contributed by atoms with Crippen molar-refractivity contribution in [3.63, 3.8) is 0 Å². The van der Waals surface area contributed by atoms with Gasteiger partial charge in [-0.25, -0.2) is 0 Å². The zero-order valence-electron chi connectivity index (χ0n) is 10.9. The Kier molecular flexibility index (Phi) is 4.96. The molecule has 0 spiro atoms. The van der Waals surface area contributed by atoms with Crippen molar-refractivity contribution in [1.82, 2.24) is 0 Å². The van der Waals surface area contributed by atoms with Gasteiger partial charge in [0.25, 0.3) is 0 Å². The topological polar surface area (TPSA) is 110 Å². The summed E-state index contributed by atoms with van der Waals surface area (Å²) in [5, 5.41) is 48.3. The fourth-order valence-electron chi connectivity index (χ4n) is 2.47. The van der Waals surface area contributed by atoms with Crippen LogP contribution in [0.15, 0.2) is 30.3 Å². The fraction of sp³-hybridized carbons (Fsp3) is 0.200. The van der Waals surface area contributed by atoms with Crippen LogP contribution in [0.1, 0.15) is 17.2 Å². The summed E-state index contributed by atoms with van der Waals surface area (Å²) in [6.45, 7) is 0. The zero-order valence-corrected chi connectivity index (χ0v) is 10.9. The first-order valence-electron chi connectivity index (χ1n) is 6.37. The van der Waals surface area contributed by atoms with Gasteiger partial charge < -0.3 is 30.3 Å². The van der Waals surface area contributed by atoms with Crippen molar-refractivity contribution in [1.29, 1.82) is 0 Å². The van der Waals surface area contributed by atoms with Crippen LogP contribution in [0, 0.1) is 0 Å². The molecule has 0 fully saturated rings. The predicted molar refractivity (Wildman–Crippen MR) is 81.2 cm³/mol. The van der Waals surface area contributed by atoms with Gasteiger partial charge in [0.05, 0.1) is 6.10 Å². The van der Waals surface area contributed by atoms with Crippen molar-refractivity contribution in [2.45, 2.75) is 18.6 Å². The predicted octanol–water partition coefficient (Wildman–Crippen LogP) is 0.630. The van der Waals surface area contributed by atoms with Crippen molar-refractivity contribution >= 4 is 37.7 Å². The van der Waals surface area contributed by atoms with Gasteiger partial charge >= 0.3 is 37.7 Å². The third-order valence-corrected chi connectivity index (χ3v) is 3.51. The molecule has 7 heteroatoms. The molecule has 1 aliphatic heterocycles. The molecule has 0 aliphatic carbocycles. The van der Waals surface area contributed by atoms with Gasteiger partial charge in [-0.3, -0.25) is 0 Å². The molecular formula is C15H16CaO6. The summed E-state index contributed by atoms with van der Waals surface area (Å²) in [7, 11) is 0. The van der Waals surface area contributed by atoms with E-state index >= 15 is 0 Å². The van der Waals surface area contributed by atoms with E-state index in [0.29, 0.717) is 11.1 Å².